The molecular weight excluding hydrogens is 414 g/mol. The molecule has 152 valence electrons. The number of rotatable bonds is 5. The van der Waals surface area contributed by atoms with Gasteiger partial charge in [-0.2, -0.15) is 0 Å². The Morgan fingerprint density at radius 2 is 1.97 bits per heavy atom. The van der Waals surface area contributed by atoms with Crippen LogP contribution in [0.5, 0.6) is 0 Å². The maximum absolute atomic E-state index is 12.5. The first-order valence-corrected chi connectivity index (χ1v) is 11.4. The molecule has 2 fully saturated rings. The Bertz CT molecular complexity index is 1040. The van der Waals surface area contributed by atoms with Crippen LogP contribution in [0.1, 0.15) is 60.9 Å². The highest BCUT2D eigenvalue weighted by Gasteiger charge is 2.38. The molecule has 1 atom stereocenters. The highest BCUT2D eigenvalue weighted by molar-refractivity contribution is 7.92. The molecule has 1 unspecified atom stereocenters. The molecule has 3 aromatic heterocycles. The molecule has 2 saturated carbocycles. The van der Waals surface area contributed by atoms with Gasteiger partial charge in [0.05, 0.1) is 5.02 Å². The van der Waals surface area contributed by atoms with E-state index >= 15 is 0 Å². The van der Waals surface area contributed by atoms with E-state index in [0.717, 1.165) is 38.5 Å². The number of halogens is 1. The Morgan fingerprint density at radius 3 is 2.72 bits per heavy atom. The molecule has 2 aliphatic carbocycles. The van der Waals surface area contributed by atoms with E-state index in [0.29, 0.717) is 27.2 Å². The fraction of sp³-hybridized carbons (Fsp3) is 0.450. The topological polar surface area (TPSA) is 104 Å². The molecule has 3 aromatic rings. The quantitative estimate of drug-likeness (QED) is 0.605. The number of hydrogen-bond acceptors (Lipinski definition) is 6. The molecule has 2 aliphatic rings. The van der Waals surface area contributed by atoms with Crippen LogP contribution in [0.4, 0.5) is 0 Å². The lowest BCUT2D eigenvalue weighted by Gasteiger charge is -2.27. The molecule has 29 heavy (non-hydrogen) atoms. The summed E-state index contributed by atoms with van der Waals surface area (Å²) in [6, 6.07) is 5.07. The minimum absolute atomic E-state index is 0.0678. The number of amides is 1. The largest absolute Gasteiger partial charge is 0.609 e. The third kappa shape index (κ3) is 4.01. The van der Waals surface area contributed by atoms with Crippen LogP contribution in [0, 0.1) is 0 Å². The molecule has 0 aliphatic heterocycles. The predicted octanol–water partition coefficient (Wildman–Crippen LogP) is 4.20. The van der Waals surface area contributed by atoms with E-state index in [9.17, 15) is 9.35 Å². The van der Waals surface area contributed by atoms with Crippen molar-refractivity contribution in [2.24, 2.45) is 0 Å². The zero-order valence-corrected chi connectivity index (χ0v) is 17.2. The van der Waals surface area contributed by atoms with Crippen LogP contribution < -0.4 is 5.32 Å². The molecule has 0 aromatic carbocycles. The number of carbonyl (C=O) groups excluding carboxylic acids is 1. The summed E-state index contributed by atoms with van der Waals surface area (Å²) in [6.45, 7) is 0. The molecule has 3 heterocycles. The van der Waals surface area contributed by atoms with Gasteiger partial charge in [0.25, 0.3) is 5.91 Å². The highest BCUT2D eigenvalue weighted by Crippen LogP contribution is 2.35. The Hall–Kier alpha value is -2.03. The minimum atomic E-state index is -1.14. The molecule has 0 radical (unpaired) electrons. The molecule has 1 N–H and O–H groups in total. The zero-order valence-electron chi connectivity index (χ0n) is 15.6. The van der Waals surface area contributed by atoms with Crippen molar-refractivity contribution < 1.29 is 18.2 Å². The predicted molar refractivity (Wildman–Crippen MR) is 107 cm³/mol. The van der Waals surface area contributed by atoms with Crippen molar-refractivity contribution in [2.45, 2.75) is 60.8 Å². The number of nitrogens with zero attached hydrogens (tertiary/aromatic N) is 2. The van der Waals surface area contributed by atoms with Gasteiger partial charge in [0.15, 0.2) is 5.76 Å². The number of hydrogen-bond donors (Lipinski definition) is 1. The van der Waals surface area contributed by atoms with Gasteiger partial charge in [0, 0.05) is 48.2 Å². The molecule has 5 rings (SSSR count). The third-order valence-electron chi connectivity index (χ3n) is 5.47. The molecular formula is C20H20ClN3O4S. The second kappa shape index (κ2) is 7.66. The summed E-state index contributed by atoms with van der Waals surface area (Å²) in [7, 11) is 0. The summed E-state index contributed by atoms with van der Waals surface area (Å²) in [5.41, 5.74) is 1.16. The lowest BCUT2D eigenvalue weighted by atomic mass is 9.86. The summed E-state index contributed by atoms with van der Waals surface area (Å²) < 4.78 is 23.5. The second-order valence-electron chi connectivity index (χ2n) is 7.67. The standard InChI is InChI=1S/C20H20ClN3O4S/c21-12-9-15-20(22-10-12)28-19(24-15)11-1-3-13(4-2-11)23-18(25)16-7-8-17(27-16)29(26)14-5-6-14/h7-11,13-14H,1-6H2,(H,23,25). The average Bonchev–Trinajstić information content (AvgIpc) is 3.29. The van der Waals surface area contributed by atoms with Crippen molar-refractivity contribution in [1.82, 2.24) is 15.3 Å². The van der Waals surface area contributed by atoms with Gasteiger partial charge in [-0.25, -0.2) is 9.97 Å². The van der Waals surface area contributed by atoms with E-state index in [2.05, 4.69) is 15.3 Å². The summed E-state index contributed by atoms with van der Waals surface area (Å²) in [5, 5.41) is 4.14. The Kier molecular flexibility index (Phi) is 5.01. The van der Waals surface area contributed by atoms with Crippen LogP contribution in [0.25, 0.3) is 11.2 Å². The second-order valence-corrected chi connectivity index (χ2v) is 9.77. The van der Waals surface area contributed by atoms with Crippen molar-refractivity contribution in [3.63, 3.8) is 0 Å². The first-order chi connectivity index (χ1) is 14.1. The fourth-order valence-electron chi connectivity index (χ4n) is 3.73. The van der Waals surface area contributed by atoms with Crippen LogP contribution in [-0.4, -0.2) is 31.7 Å². The number of nitrogens with one attached hydrogen (secondary N) is 1. The van der Waals surface area contributed by atoms with Gasteiger partial charge in [0.1, 0.15) is 10.8 Å². The first kappa shape index (κ1) is 19.0. The lowest BCUT2D eigenvalue weighted by molar-refractivity contribution is 0.0891. The molecule has 9 heteroatoms. The lowest BCUT2D eigenvalue weighted by Crippen LogP contribution is -2.37. The minimum Gasteiger partial charge on any atom is -0.609 e. The Labute approximate surface area is 175 Å². The maximum Gasteiger partial charge on any atom is 0.311 e. The maximum atomic E-state index is 12.5. The third-order valence-corrected chi connectivity index (χ3v) is 7.37. The SMILES string of the molecule is O=C(NC1CCC(c2nc3cc(Cl)cnc3o2)CC1)c1ccc([S+]([O-])C2CC2)o1. The van der Waals surface area contributed by atoms with Crippen molar-refractivity contribution >= 4 is 39.9 Å². The first-order valence-electron chi connectivity index (χ1n) is 9.80. The number of fused-ring (bicyclic) bond motifs is 1. The van der Waals surface area contributed by atoms with E-state index in [1.165, 1.54) is 0 Å². The van der Waals surface area contributed by atoms with E-state index in [1.54, 1.807) is 24.4 Å². The van der Waals surface area contributed by atoms with E-state index in [1.807, 2.05) is 0 Å². The monoisotopic (exact) mass is 433 g/mol. The van der Waals surface area contributed by atoms with Gasteiger partial charge >= 0.3 is 5.09 Å². The van der Waals surface area contributed by atoms with Crippen LogP contribution >= 0.6 is 11.6 Å². The van der Waals surface area contributed by atoms with Crippen LogP contribution in [0.2, 0.25) is 5.02 Å². The fourth-order valence-corrected chi connectivity index (χ4v) is 5.15. The van der Waals surface area contributed by atoms with Crippen molar-refractivity contribution in [1.29, 1.82) is 0 Å². The average molecular weight is 434 g/mol. The highest BCUT2D eigenvalue weighted by atomic mass is 35.5. The van der Waals surface area contributed by atoms with Crippen molar-refractivity contribution in [2.75, 3.05) is 0 Å². The van der Waals surface area contributed by atoms with Gasteiger partial charge in [-0.05, 0) is 37.8 Å². The van der Waals surface area contributed by atoms with E-state index in [-0.39, 0.29) is 28.9 Å². The molecule has 7 nitrogen and oxygen atoms in total. The molecule has 1 amide bonds. The summed E-state index contributed by atoms with van der Waals surface area (Å²) in [4.78, 5) is 21.2. The summed E-state index contributed by atoms with van der Waals surface area (Å²) in [6.07, 6.45) is 6.84. The number of furan rings is 1. The van der Waals surface area contributed by atoms with Gasteiger partial charge in [0.2, 0.25) is 11.6 Å². The smallest absolute Gasteiger partial charge is 0.311 e. The van der Waals surface area contributed by atoms with Crippen molar-refractivity contribution in [3.05, 3.63) is 41.1 Å². The Balaban J connectivity index is 1.17. The van der Waals surface area contributed by atoms with E-state index < -0.39 is 11.2 Å². The normalized spacial score (nSPS) is 23.2. The van der Waals surface area contributed by atoms with Crippen molar-refractivity contribution in [3.8, 4) is 0 Å². The van der Waals surface area contributed by atoms with Gasteiger partial charge < -0.3 is 18.7 Å². The number of carbonyl (C=O) groups is 1. The number of aromatic nitrogens is 2. The number of oxazole rings is 1. The summed E-state index contributed by atoms with van der Waals surface area (Å²) in [5.74, 6) is 0.844. The van der Waals surface area contributed by atoms with Gasteiger partial charge in [-0.15, -0.1) is 0 Å². The zero-order chi connectivity index (χ0) is 20.0. The van der Waals surface area contributed by atoms with Crippen LogP contribution in [-0.2, 0) is 11.2 Å². The molecule has 0 bridgehead atoms. The number of pyridine rings is 1. The van der Waals surface area contributed by atoms with Gasteiger partial charge in [-0.3, -0.25) is 4.79 Å². The van der Waals surface area contributed by atoms with E-state index in [4.69, 9.17) is 20.4 Å². The summed E-state index contributed by atoms with van der Waals surface area (Å²) >= 11 is 4.82. The Morgan fingerprint density at radius 1 is 1.17 bits per heavy atom. The molecule has 0 spiro atoms. The van der Waals surface area contributed by atoms with Gasteiger partial charge in [-0.1, -0.05) is 11.6 Å². The molecule has 0 saturated heterocycles. The van der Waals surface area contributed by atoms with Crippen LogP contribution in [0.3, 0.4) is 0 Å². The van der Waals surface area contributed by atoms with Crippen LogP contribution in [0.15, 0.2) is 38.3 Å².